The van der Waals surface area contributed by atoms with Gasteiger partial charge in [-0.1, -0.05) is 19.9 Å². The first-order valence-corrected chi connectivity index (χ1v) is 7.09. The molecule has 5 nitrogen and oxygen atoms in total. The molecule has 0 aliphatic rings. The van der Waals surface area contributed by atoms with Gasteiger partial charge in [-0.3, -0.25) is 9.98 Å². The Hall–Kier alpha value is -2.69. The van der Waals surface area contributed by atoms with E-state index in [9.17, 15) is 9.90 Å². The molecule has 0 amide bonds. The Balaban J connectivity index is 2.59. The summed E-state index contributed by atoms with van der Waals surface area (Å²) in [5.41, 5.74) is 7.51. The average molecular weight is 297 g/mol. The van der Waals surface area contributed by atoms with Crippen molar-refractivity contribution in [1.29, 1.82) is 0 Å². The van der Waals surface area contributed by atoms with Crippen molar-refractivity contribution >= 4 is 28.3 Å². The van der Waals surface area contributed by atoms with Gasteiger partial charge in [0, 0.05) is 17.8 Å². The molecule has 114 valence electrons. The highest BCUT2D eigenvalue weighted by Crippen LogP contribution is 2.26. The number of nitrogens with zero attached hydrogens (tertiary/aromatic N) is 2. The number of aliphatic carboxylic acids is 1. The molecule has 0 bridgehead atoms. The van der Waals surface area contributed by atoms with Crippen molar-refractivity contribution in [3.63, 3.8) is 0 Å². The number of carboxylic acid groups (broad SMARTS) is 1. The van der Waals surface area contributed by atoms with Crippen molar-refractivity contribution in [2.24, 2.45) is 16.6 Å². The summed E-state index contributed by atoms with van der Waals surface area (Å²) in [6.45, 7) is 4.02. The van der Waals surface area contributed by atoms with E-state index in [1.807, 2.05) is 44.2 Å². The lowest BCUT2D eigenvalue weighted by Gasteiger charge is -2.11. The maximum absolute atomic E-state index is 11.4. The van der Waals surface area contributed by atoms with E-state index in [0.717, 1.165) is 17.1 Å². The molecule has 1 aromatic heterocycles. The number of pyridine rings is 1. The molecule has 0 aliphatic carbocycles. The zero-order valence-electron chi connectivity index (χ0n) is 12.7. The van der Waals surface area contributed by atoms with E-state index >= 15 is 0 Å². The number of aliphatic imine (C=N–C) groups is 1. The van der Waals surface area contributed by atoms with Crippen molar-refractivity contribution < 1.29 is 9.90 Å². The average Bonchev–Trinajstić information content (AvgIpc) is 2.47. The summed E-state index contributed by atoms with van der Waals surface area (Å²) in [6.07, 6.45) is 3.35. The van der Waals surface area contributed by atoms with Crippen LogP contribution in [0.2, 0.25) is 0 Å². The quantitative estimate of drug-likeness (QED) is 0.654. The van der Waals surface area contributed by atoms with Crippen molar-refractivity contribution in [1.82, 2.24) is 4.98 Å². The Morgan fingerprint density at radius 2 is 2.14 bits per heavy atom. The second-order valence-electron chi connectivity index (χ2n) is 5.39. The van der Waals surface area contributed by atoms with Crippen LogP contribution in [-0.4, -0.2) is 21.8 Å². The van der Waals surface area contributed by atoms with Crippen LogP contribution in [0.3, 0.4) is 0 Å². The summed E-state index contributed by atoms with van der Waals surface area (Å²) in [5.74, 6) is -0.804. The molecule has 0 radical (unpaired) electrons. The minimum atomic E-state index is -1.07. The van der Waals surface area contributed by atoms with Gasteiger partial charge in [0.1, 0.15) is 0 Å². The van der Waals surface area contributed by atoms with Crippen LogP contribution in [0.25, 0.3) is 10.9 Å². The van der Waals surface area contributed by atoms with Gasteiger partial charge in [0.25, 0.3) is 0 Å². The zero-order valence-corrected chi connectivity index (χ0v) is 12.7. The second-order valence-corrected chi connectivity index (χ2v) is 5.39. The highest BCUT2D eigenvalue weighted by molar-refractivity contribution is 6.20. The normalized spacial score (nSPS) is 12.9. The SMILES string of the molecule is CC(C)CC(=Nc1cccc2ncccc12)C(=CN)C(=O)O. The van der Waals surface area contributed by atoms with Gasteiger partial charge in [-0.25, -0.2) is 4.79 Å². The highest BCUT2D eigenvalue weighted by atomic mass is 16.4. The number of aromatic nitrogens is 1. The first kappa shape index (κ1) is 15.7. The van der Waals surface area contributed by atoms with Crippen LogP contribution in [-0.2, 0) is 4.79 Å². The number of carboxylic acids is 1. The molecule has 0 saturated carbocycles. The molecule has 22 heavy (non-hydrogen) atoms. The second kappa shape index (κ2) is 6.85. The van der Waals surface area contributed by atoms with Gasteiger partial charge >= 0.3 is 5.97 Å². The van der Waals surface area contributed by atoms with Crippen LogP contribution in [0.4, 0.5) is 5.69 Å². The molecule has 0 unspecified atom stereocenters. The fraction of sp³-hybridized carbons (Fsp3) is 0.235. The summed E-state index contributed by atoms with van der Waals surface area (Å²) >= 11 is 0. The predicted molar refractivity (Wildman–Crippen MR) is 88.2 cm³/mol. The first-order chi connectivity index (χ1) is 10.5. The summed E-state index contributed by atoms with van der Waals surface area (Å²) in [4.78, 5) is 20.2. The van der Waals surface area contributed by atoms with E-state index in [-0.39, 0.29) is 11.5 Å². The third-order valence-electron chi connectivity index (χ3n) is 3.19. The number of rotatable bonds is 5. The monoisotopic (exact) mass is 297 g/mol. The third kappa shape index (κ3) is 3.49. The van der Waals surface area contributed by atoms with Gasteiger partial charge in [-0.2, -0.15) is 0 Å². The summed E-state index contributed by atoms with van der Waals surface area (Å²) in [7, 11) is 0. The molecule has 5 heteroatoms. The molecular weight excluding hydrogens is 278 g/mol. The van der Waals surface area contributed by atoms with Crippen molar-refractivity contribution in [2.45, 2.75) is 20.3 Å². The minimum Gasteiger partial charge on any atom is -0.478 e. The first-order valence-electron chi connectivity index (χ1n) is 7.09. The maximum Gasteiger partial charge on any atom is 0.339 e. The lowest BCUT2D eigenvalue weighted by molar-refractivity contribution is -0.132. The van der Waals surface area contributed by atoms with Crippen molar-refractivity contribution in [3.8, 4) is 0 Å². The molecule has 0 aliphatic heterocycles. The highest BCUT2D eigenvalue weighted by Gasteiger charge is 2.16. The Bertz CT molecular complexity index is 743. The molecule has 3 N–H and O–H groups in total. The Morgan fingerprint density at radius 3 is 2.77 bits per heavy atom. The summed E-state index contributed by atoms with van der Waals surface area (Å²) < 4.78 is 0. The van der Waals surface area contributed by atoms with Crippen LogP contribution >= 0.6 is 0 Å². The van der Waals surface area contributed by atoms with Gasteiger partial charge in [-0.15, -0.1) is 0 Å². The van der Waals surface area contributed by atoms with Crippen molar-refractivity contribution in [3.05, 3.63) is 48.3 Å². The number of hydrogen-bond donors (Lipinski definition) is 2. The summed E-state index contributed by atoms with van der Waals surface area (Å²) in [6, 6.07) is 9.35. The van der Waals surface area contributed by atoms with E-state index in [1.165, 1.54) is 0 Å². The third-order valence-corrected chi connectivity index (χ3v) is 3.19. The molecule has 0 spiro atoms. The van der Waals surface area contributed by atoms with Crippen LogP contribution in [0, 0.1) is 5.92 Å². The van der Waals surface area contributed by atoms with Crippen molar-refractivity contribution in [2.75, 3.05) is 0 Å². The van der Waals surface area contributed by atoms with Gasteiger partial charge in [0.2, 0.25) is 0 Å². The van der Waals surface area contributed by atoms with Gasteiger partial charge in [-0.05, 0) is 36.6 Å². The number of benzene rings is 1. The molecule has 0 atom stereocenters. The number of carbonyl (C=O) groups is 1. The molecule has 2 aromatic rings. The van der Waals surface area contributed by atoms with E-state index in [0.29, 0.717) is 17.8 Å². The molecule has 2 rings (SSSR count). The fourth-order valence-electron chi connectivity index (χ4n) is 2.22. The zero-order chi connectivity index (χ0) is 16.1. The maximum atomic E-state index is 11.4. The minimum absolute atomic E-state index is 0.0367. The molecular formula is C17H19N3O2. The lowest BCUT2D eigenvalue weighted by atomic mass is 10.0. The smallest absolute Gasteiger partial charge is 0.339 e. The molecule has 1 aromatic carbocycles. The van der Waals surface area contributed by atoms with E-state index < -0.39 is 5.97 Å². The van der Waals surface area contributed by atoms with E-state index in [4.69, 9.17) is 5.73 Å². The van der Waals surface area contributed by atoms with Crippen LogP contribution < -0.4 is 5.73 Å². The summed E-state index contributed by atoms with van der Waals surface area (Å²) in [5, 5.41) is 10.2. The Labute approximate surface area is 129 Å². The number of nitrogens with two attached hydrogens (primary N) is 1. The van der Waals surface area contributed by atoms with Gasteiger partial charge < -0.3 is 10.8 Å². The Kier molecular flexibility index (Phi) is 4.88. The van der Waals surface area contributed by atoms with Crippen LogP contribution in [0.5, 0.6) is 0 Å². The molecule has 1 heterocycles. The van der Waals surface area contributed by atoms with Gasteiger partial charge in [0.05, 0.1) is 22.5 Å². The van der Waals surface area contributed by atoms with E-state index in [2.05, 4.69) is 9.98 Å². The molecule has 0 fully saturated rings. The number of fused-ring (bicyclic) bond motifs is 1. The topological polar surface area (TPSA) is 88.6 Å². The predicted octanol–water partition coefficient (Wildman–Crippen LogP) is 3.28. The standard InChI is InChI=1S/C17H19N3O2/c1-11(2)9-16(13(10-18)17(21)22)20-15-7-3-6-14-12(15)5-4-8-19-14/h3-8,10-11H,9,18H2,1-2H3,(H,21,22). The lowest BCUT2D eigenvalue weighted by Crippen LogP contribution is -2.16. The number of hydrogen-bond acceptors (Lipinski definition) is 4. The van der Waals surface area contributed by atoms with Gasteiger partial charge in [0.15, 0.2) is 0 Å². The fourth-order valence-corrected chi connectivity index (χ4v) is 2.22. The van der Waals surface area contributed by atoms with Crippen LogP contribution in [0.15, 0.2) is 53.3 Å². The largest absolute Gasteiger partial charge is 0.478 e. The molecule has 0 saturated heterocycles. The van der Waals surface area contributed by atoms with Crippen LogP contribution in [0.1, 0.15) is 20.3 Å². The Morgan fingerprint density at radius 1 is 1.36 bits per heavy atom. The van der Waals surface area contributed by atoms with E-state index in [1.54, 1.807) is 6.20 Å².